The zero-order chi connectivity index (χ0) is 27.0. The van der Waals surface area contributed by atoms with Gasteiger partial charge in [-0.1, -0.05) is 0 Å². The van der Waals surface area contributed by atoms with E-state index < -0.39 is 11.8 Å². The molecule has 9 nitrogen and oxygen atoms in total. The van der Waals surface area contributed by atoms with Crippen LogP contribution in [0.4, 0.5) is 10.2 Å². The van der Waals surface area contributed by atoms with E-state index in [-0.39, 0.29) is 12.7 Å². The van der Waals surface area contributed by atoms with Gasteiger partial charge >= 0.3 is 0 Å². The van der Waals surface area contributed by atoms with E-state index in [4.69, 9.17) is 14.5 Å². The van der Waals surface area contributed by atoms with Crippen LogP contribution in [-0.2, 0) is 0 Å². The number of aliphatic hydroxyl groups is 1. The van der Waals surface area contributed by atoms with Crippen LogP contribution >= 0.6 is 0 Å². The van der Waals surface area contributed by atoms with Gasteiger partial charge in [-0.25, -0.2) is 14.4 Å². The summed E-state index contributed by atoms with van der Waals surface area (Å²) < 4.78 is 27.1. The van der Waals surface area contributed by atoms with Gasteiger partial charge in [0, 0.05) is 49.8 Å². The van der Waals surface area contributed by atoms with E-state index in [2.05, 4.69) is 20.9 Å². The molecular weight excluding hydrogens is 499 g/mol. The van der Waals surface area contributed by atoms with Crippen LogP contribution in [0.15, 0.2) is 55.0 Å². The maximum Gasteiger partial charge on any atom is 0.145 e. The number of alkyl halides is 1. The zero-order valence-corrected chi connectivity index (χ0v) is 21.6. The van der Waals surface area contributed by atoms with Gasteiger partial charge in [0.2, 0.25) is 0 Å². The minimum Gasteiger partial charge on any atom is -0.490 e. The van der Waals surface area contributed by atoms with Crippen molar-refractivity contribution in [3.63, 3.8) is 0 Å². The minimum atomic E-state index is -1.10. The molecule has 1 aliphatic carbocycles. The van der Waals surface area contributed by atoms with Crippen LogP contribution in [0.25, 0.3) is 16.9 Å². The molecule has 5 heterocycles. The number of halogens is 1. The quantitative estimate of drug-likeness (QED) is 0.352. The van der Waals surface area contributed by atoms with Gasteiger partial charge in [-0.3, -0.25) is 9.38 Å². The van der Waals surface area contributed by atoms with E-state index in [0.29, 0.717) is 28.5 Å². The van der Waals surface area contributed by atoms with Crippen LogP contribution in [0.1, 0.15) is 50.2 Å². The van der Waals surface area contributed by atoms with Gasteiger partial charge in [0.25, 0.3) is 0 Å². The third kappa shape index (κ3) is 5.36. The molecule has 1 aliphatic heterocycles. The Bertz CT molecular complexity index is 1500. The fourth-order valence-electron chi connectivity index (χ4n) is 4.79. The Morgan fingerprint density at radius 1 is 1.08 bits per heavy atom. The number of ether oxygens (including phenoxy) is 2. The van der Waals surface area contributed by atoms with Gasteiger partial charge in [0.15, 0.2) is 0 Å². The van der Waals surface area contributed by atoms with Crippen molar-refractivity contribution in [3.8, 4) is 28.8 Å². The molecule has 10 heteroatoms. The third-order valence-electron chi connectivity index (χ3n) is 7.31. The number of nitriles is 1. The minimum absolute atomic E-state index is 0.0614. The summed E-state index contributed by atoms with van der Waals surface area (Å²) in [5, 5.41) is 19.8. The molecule has 4 aromatic heterocycles. The van der Waals surface area contributed by atoms with E-state index in [1.807, 2.05) is 18.2 Å². The molecule has 1 atom stereocenters. The van der Waals surface area contributed by atoms with E-state index in [1.54, 1.807) is 35.0 Å². The molecule has 4 aromatic rings. The van der Waals surface area contributed by atoms with Crippen molar-refractivity contribution in [3.05, 3.63) is 66.4 Å². The van der Waals surface area contributed by atoms with Crippen LogP contribution in [0.3, 0.4) is 0 Å². The maximum absolute atomic E-state index is 13.4. The fraction of sp³-hybridized carbons (Fsp3) is 0.379. The topological polar surface area (TPSA) is 109 Å². The molecular formula is C29H29FN6O3. The van der Waals surface area contributed by atoms with Crippen LogP contribution in [0.2, 0.25) is 0 Å². The monoisotopic (exact) mass is 528 g/mol. The summed E-state index contributed by atoms with van der Waals surface area (Å²) in [5.74, 6) is 2.11. The molecule has 0 bridgehead atoms. The molecule has 0 amide bonds. The van der Waals surface area contributed by atoms with Crippen molar-refractivity contribution in [1.82, 2.24) is 19.4 Å². The van der Waals surface area contributed by atoms with Crippen LogP contribution in [-0.4, -0.2) is 55.9 Å². The molecule has 2 fully saturated rings. The first kappa shape index (κ1) is 25.1. The van der Waals surface area contributed by atoms with Crippen LogP contribution < -0.4 is 14.4 Å². The second-order valence-corrected chi connectivity index (χ2v) is 10.3. The number of hydrogen-bond acceptors (Lipinski definition) is 8. The third-order valence-corrected chi connectivity index (χ3v) is 7.31. The highest BCUT2D eigenvalue weighted by Crippen LogP contribution is 2.36. The molecule has 0 spiro atoms. The molecule has 6 rings (SSSR count). The van der Waals surface area contributed by atoms with Crippen molar-refractivity contribution in [1.29, 1.82) is 5.26 Å². The number of piperidine rings is 1. The van der Waals surface area contributed by atoms with E-state index in [9.17, 15) is 14.8 Å². The van der Waals surface area contributed by atoms with Crippen LogP contribution in [0, 0.1) is 11.3 Å². The van der Waals surface area contributed by atoms with Crippen molar-refractivity contribution in [2.24, 2.45) is 0 Å². The molecule has 200 valence electrons. The number of hydrogen-bond donors (Lipinski definition) is 1. The largest absolute Gasteiger partial charge is 0.490 e. The lowest BCUT2D eigenvalue weighted by Gasteiger charge is -2.33. The second kappa shape index (κ2) is 10.2. The summed E-state index contributed by atoms with van der Waals surface area (Å²) >= 11 is 0. The van der Waals surface area contributed by atoms with E-state index in [1.165, 1.54) is 13.1 Å². The highest BCUT2D eigenvalue weighted by Gasteiger charge is 2.41. The van der Waals surface area contributed by atoms with Gasteiger partial charge in [-0.15, -0.1) is 0 Å². The Morgan fingerprint density at radius 3 is 2.54 bits per heavy atom. The Balaban J connectivity index is 1.15. The Labute approximate surface area is 225 Å². The molecule has 1 saturated carbocycles. The lowest BCUT2D eigenvalue weighted by Crippen LogP contribution is -2.38. The number of rotatable bonds is 8. The predicted octanol–water partition coefficient (Wildman–Crippen LogP) is 4.64. The maximum atomic E-state index is 13.4. The number of anilines is 1. The summed E-state index contributed by atoms with van der Waals surface area (Å²) in [6, 6.07) is 13.2. The molecule has 1 saturated heterocycles. The Hall–Kier alpha value is -4.23. The molecule has 0 radical (unpaired) electrons. The molecule has 2 aliphatic rings. The lowest BCUT2D eigenvalue weighted by atomic mass is 10.1. The average Bonchev–Trinajstić information content (AvgIpc) is 3.55. The summed E-state index contributed by atoms with van der Waals surface area (Å²) in [6.45, 7) is 3.28. The molecule has 1 unspecified atom stereocenters. The van der Waals surface area contributed by atoms with E-state index >= 15 is 0 Å². The van der Waals surface area contributed by atoms with E-state index in [0.717, 1.165) is 55.8 Å². The Kier molecular flexibility index (Phi) is 6.53. The smallest absolute Gasteiger partial charge is 0.145 e. The van der Waals surface area contributed by atoms with Gasteiger partial charge in [-0.05, 0) is 44.0 Å². The number of pyridine rings is 3. The summed E-state index contributed by atoms with van der Waals surface area (Å²) in [5.41, 5.74) is 2.24. The highest BCUT2D eigenvalue weighted by molar-refractivity contribution is 5.68. The second-order valence-electron chi connectivity index (χ2n) is 10.3. The standard InChI is InChI=1S/C29H29FN6O3/c1-19(30)25-4-3-23(17-32-25)39-22-6-10-35(11-7-22)27-5-2-20(15-33-27)26-12-24(38-18-29(37)8-9-29)13-28-34-16-21(14-31)36(26)28/h2-5,12-13,15-17,19,22,37H,6-11,18H2,1H3. The highest BCUT2D eigenvalue weighted by atomic mass is 19.1. The van der Waals surface area contributed by atoms with Crippen molar-refractivity contribution in [2.75, 3.05) is 24.6 Å². The first-order chi connectivity index (χ1) is 18.9. The normalized spacial score (nSPS) is 17.5. The first-order valence-electron chi connectivity index (χ1n) is 13.2. The summed E-state index contributed by atoms with van der Waals surface area (Å²) in [4.78, 5) is 15.5. The Morgan fingerprint density at radius 2 is 1.90 bits per heavy atom. The van der Waals surface area contributed by atoms with Crippen molar-refractivity contribution >= 4 is 11.5 Å². The average molecular weight is 529 g/mol. The number of aromatic nitrogens is 4. The van der Waals surface area contributed by atoms with Gasteiger partial charge in [0.1, 0.15) is 53.6 Å². The number of nitrogens with zero attached hydrogens (tertiary/aromatic N) is 6. The predicted molar refractivity (Wildman–Crippen MR) is 142 cm³/mol. The molecule has 0 aromatic carbocycles. The molecule has 1 N–H and O–H groups in total. The van der Waals surface area contributed by atoms with Crippen molar-refractivity contribution < 1.29 is 19.0 Å². The molecule has 39 heavy (non-hydrogen) atoms. The fourth-order valence-corrected chi connectivity index (χ4v) is 4.79. The van der Waals surface area contributed by atoms with Crippen LogP contribution in [0.5, 0.6) is 11.5 Å². The number of fused-ring (bicyclic) bond motifs is 1. The van der Waals surface area contributed by atoms with Gasteiger partial charge < -0.3 is 19.5 Å². The number of imidazole rings is 1. The van der Waals surface area contributed by atoms with Gasteiger partial charge in [-0.2, -0.15) is 5.26 Å². The summed E-state index contributed by atoms with van der Waals surface area (Å²) in [7, 11) is 0. The first-order valence-corrected chi connectivity index (χ1v) is 13.2. The van der Waals surface area contributed by atoms with Crippen molar-refractivity contribution in [2.45, 2.75) is 50.5 Å². The lowest BCUT2D eigenvalue weighted by molar-refractivity contribution is 0.0857. The SMILES string of the molecule is CC(F)c1ccc(OC2CCN(c3ccc(-c4cc(OCC5(O)CC5)cc5ncc(C#N)n45)cn3)CC2)cn1. The summed E-state index contributed by atoms with van der Waals surface area (Å²) in [6.07, 6.45) is 7.02. The zero-order valence-electron chi connectivity index (χ0n) is 21.6. The van der Waals surface area contributed by atoms with Gasteiger partial charge in [0.05, 0.1) is 29.4 Å².